The topological polar surface area (TPSA) is 127 Å². The minimum absolute atomic E-state index is 0.107. The first-order chi connectivity index (χ1) is 8.71. The molecule has 0 saturated carbocycles. The zero-order valence-corrected chi connectivity index (χ0v) is 11.9. The largest absolute Gasteiger partial charge is 0.340 e. The van der Waals surface area contributed by atoms with E-state index in [4.69, 9.17) is 19.6 Å². The minimum atomic E-state index is -4.81. The minimum Gasteiger partial charge on any atom is -0.324 e. The van der Waals surface area contributed by atoms with Crippen molar-refractivity contribution in [2.75, 3.05) is 6.54 Å². The molecule has 108 valence electrons. The molecular formula is C10H17NO6P2. The van der Waals surface area contributed by atoms with Crippen molar-refractivity contribution in [2.45, 2.75) is 18.4 Å². The highest BCUT2D eigenvalue weighted by atomic mass is 31.2. The zero-order chi connectivity index (χ0) is 14.5. The van der Waals surface area contributed by atoms with Gasteiger partial charge in [0.1, 0.15) is 0 Å². The Balaban J connectivity index is 2.46. The fourth-order valence-electron chi connectivity index (χ4n) is 1.59. The summed E-state index contributed by atoms with van der Waals surface area (Å²) in [7, 11) is -9.63. The summed E-state index contributed by atoms with van der Waals surface area (Å²) in [5.41, 5.74) is 0.978. The Morgan fingerprint density at radius 1 is 1.00 bits per heavy atom. The molecule has 1 rings (SSSR count). The molecule has 0 aliphatic carbocycles. The van der Waals surface area contributed by atoms with E-state index < -0.39 is 20.6 Å². The third-order valence-electron chi connectivity index (χ3n) is 2.53. The van der Waals surface area contributed by atoms with Gasteiger partial charge in [-0.2, -0.15) is 0 Å². The van der Waals surface area contributed by atoms with Crippen molar-refractivity contribution in [3.63, 3.8) is 0 Å². The normalized spacial score (nSPS) is 12.9. The van der Waals surface area contributed by atoms with Crippen LogP contribution in [0.1, 0.15) is 12.0 Å². The van der Waals surface area contributed by atoms with Crippen LogP contribution < -0.4 is 5.32 Å². The predicted molar refractivity (Wildman–Crippen MR) is 70.6 cm³/mol. The van der Waals surface area contributed by atoms with Gasteiger partial charge in [0.15, 0.2) is 5.40 Å². The summed E-state index contributed by atoms with van der Waals surface area (Å²) < 4.78 is 22.0. The van der Waals surface area contributed by atoms with Crippen molar-refractivity contribution in [3.05, 3.63) is 35.9 Å². The highest BCUT2D eigenvalue weighted by molar-refractivity contribution is 7.70. The van der Waals surface area contributed by atoms with Crippen LogP contribution in [-0.2, 0) is 15.7 Å². The Morgan fingerprint density at radius 3 is 2.00 bits per heavy atom. The Labute approximate surface area is 111 Å². The van der Waals surface area contributed by atoms with Crippen LogP contribution in [0.4, 0.5) is 0 Å². The van der Waals surface area contributed by atoms with Gasteiger partial charge in [0.2, 0.25) is 0 Å². The van der Waals surface area contributed by atoms with Crippen LogP contribution in [0.25, 0.3) is 0 Å². The lowest BCUT2D eigenvalue weighted by Crippen LogP contribution is -2.20. The Kier molecular flexibility index (Phi) is 5.89. The number of benzene rings is 1. The molecule has 5 N–H and O–H groups in total. The molecule has 0 heterocycles. The quantitative estimate of drug-likeness (QED) is 0.373. The molecule has 0 unspecified atom stereocenters. The molecule has 9 heteroatoms. The average molecular weight is 309 g/mol. The first kappa shape index (κ1) is 16.5. The molecule has 0 saturated heterocycles. The van der Waals surface area contributed by atoms with Gasteiger partial charge in [-0.15, -0.1) is 0 Å². The smallest absolute Gasteiger partial charge is 0.324 e. The predicted octanol–water partition coefficient (Wildman–Crippen LogP) is 0.848. The Hall–Kier alpha value is -0.520. The van der Waals surface area contributed by atoms with Crippen LogP contribution in [0.3, 0.4) is 0 Å². The third kappa shape index (κ3) is 5.97. The van der Waals surface area contributed by atoms with E-state index in [-0.39, 0.29) is 13.0 Å². The molecule has 19 heavy (non-hydrogen) atoms. The van der Waals surface area contributed by atoms with Gasteiger partial charge < -0.3 is 24.9 Å². The fourth-order valence-corrected chi connectivity index (χ4v) is 4.09. The lowest BCUT2D eigenvalue weighted by Gasteiger charge is -2.19. The highest BCUT2D eigenvalue weighted by Crippen LogP contribution is 2.61. The first-order valence-corrected chi connectivity index (χ1v) is 8.92. The zero-order valence-electron chi connectivity index (χ0n) is 10.1. The Bertz CT molecular complexity index is 460. The molecule has 0 bridgehead atoms. The molecule has 0 spiro atoms. The van der Waals surface area contributed by atoms with E-state index in [0.717, 1.165) is 5.56 Å². The van der Waals surface area contributed by atoms with Gasteiger partial charge in [-0.25, -0.2) is 0 Å². The number of nitrogens with one attached hydrogen (secondary N) is 1. The van der Waals surface area contributed by atoms with E-state index in [1.54, 1.807) is 0 Å². The number of hydrogen-bond donors (Lipinski definition) is 5. The average Bonchev–Trinajstić information content (AvgIpc) is 2.26. The summed E-state index contributed by atoms with van der Waals surface area (Å²) >= 11 is 0. The van der Waals surface area contributed by atoms with Crippen molar-refractivity contribution < 1.29 is 28.7 Å². The standard InChI is InChI=1S/C10H17NO6P2/c12-18(13,14)10(19(15,16)17)6-7-11-8-9-4-2-1-3-5-9/h1-5,10-11H,6-8H2,(H2,12,13,14)(H2,15,16,17). The molecule has 0 aromatic heterocycles. The van der Waals surface area contributed by atoms with Crippen molar-refractivity contribution >= 4 is 15.2 Å². The van der Waals surface area contributed by atoms with Gasteiger partial charge >= 0.3 is 15.2 Å². The van der Waals surface area contributed by atoms with Gasteiger partial charge in [-0.3, -0.25) is 9.13 Å². The van der Waals surface area contributed by atoms with Crippen LogP contribution in [0.15, 0.2) is 30.3 Å². The molecule has 0 aliphatic heterocycles. The molecule has 0 atom stereocenters. The van der Waals surface area contributed by atoms with Crippen molar-refractivity contribution in [2.24, 2.45) is 0 Å². The van der Waals surface area contributed by atoms with Gasteiger partial charge in [0.05, 0.1) is 0 Å². The van der Waals surface area contributed by atoms with E-state index in [0.29, 0.717) is 6.54 Å². The molecule has 1 aromatic rings. The summed E-state index contributed by atoms with van der Waals surface area (Å²) in [6.45, 7) is 0.575. The van der Waals surface area contributed by atoms with E-state index in [9.17, 15) is 9.13 Å². The summed E-state index contributed by atoms with van der Waals surface area (Å²) in [5, 5.41) is 0.948. The van der Waals surface area contributed by atoms with Crippen LogP contribution >= 0.6 is 15.2 Å². The molecule has 0 fully saturated rings. The van der Waals surface area contributed by atoms with Gasteiger partial charge in [-0.05, 0) is 18.5 Å². The van der Waals surface area contributed by atoms with Crippen LogP contribution in [0.2, 0.25) is 0 Å². The number of hydrogen-bond acceptors (Lipinski definition) is 3. The first-order valence-electron chi connectivity index (χ1n) is 5.56. The summed E-state index contributed by atoms with van der Waals surface area (Å²) in [5.74, 6) is 0. The summed E-state index contributed by atoms with van der Waals surface area (Å²) in [6.07, 6.45) is -0.290. The van der Waals surface area contributed by atoms with Crippen molar-refractivity contribution in [1.29, 1.82) is 0 Å². The molecule has 1 aromatic carbocycles. The fraction of sp³-hybridized carbons (Fsp3) is 0.400. The molecule has 7 nitrogen and oxygen atoms in total. The summed E-state index contributed by atoms with van der Waals surface area (Å²) in [4.78, 5) is 35.7. The molecule has 0 radical (unpaired) electrons. The van der Waals surface area contributed by atoms with E-state index in [2.05, 4.69) is 5.32 Å². The van der Waals surface area contributed by atoms with Crippen LogP contribution in [0.5, 0.6) is 0 Å². The lowest BCUT2D eigenvalue weighted by molar-refractivity contribution is 0.334. The highest BCUT2D eigenvalue weighted by Gasteiger charge is 2.42. The molecule has 0 aliphatic rings. The Morgan fingerprint density at radius 2 is 1.53 bits per heavy atom. The maximum atomic E-state index is 11.0. The second kappa shape index (κ2) is 6.77. The monoisotopic (exact) mass is 309 g/mol. The van der Waals surface area contributed by atoms with Crippen molar-refractivity contribution in [1.82, 2.24) is 5.32 Å². The van der Waals surface area contributed by atoms with E-state index >= 15 is 0 Å². The van der Waals surface area contributed by atoms with E-state index in [1.165, 1.54) is 0 Å². The second-order valence-corrected chi connectivity index (χ2v) is 8.12. The lowest BCUT2D eigenvalue weighted by atomic mass is 10.2. The van der Waals surface area contributed by atoms with Gasteiger partial charge in [0, 0.05) is 6.54 Å². The third-order valence-corrected chi connectivity index (χ3v) is 6.40. The maximum Gasteiger partial charge on any atom is 0.340 e. The van der Waals surface area contributed by atoms with Crippen LogP contribution in [0, 0.1) is 0 Å². The molecular weight excluding hydrogens is 292 g/mol. The van der Waals surface area contributed by atoms with Crippen LogP contribution in [-0.4, -0.2) is 31.5 Å². The van der Waals surface area contributed by atoms with Gasteiger partial charge in [-0.1, -0.05) is 30.3 Å². The summed E-state index contributed by atoms with van der Waals surface area (Å²) in [6, 6.07) is 9.31. The van der Waals surface area contributed by atoms with Gasteiger partial charge in [0.25, 0.3) is 0 Å². The second-order valence-electron chi connectivity index (χ2n) is 4.11. The maximum absolute atomic E-state index is 11.0. The van der Waals surface area contributed by atoms with E-state index in [1.807, 2.05) is 30.3 Å². The van der Waals surface area contributed by atoms with Crippen molar-refractivity contribution in [3.8, 4) is 0 Å². The SMILES string of the molecule is O=P(O)(O)C(CCNCc1ccccc1)P(=O)(O)O. The number of rotatable bonds is 7. The molecule has 0 amide bonds.